The van der Waals surface area contributed by atoms with Gasteiger partial charge in [0.1, 0.15) is 5.01 Å². The maximum atomic E-state index is 12.2. The molecule has 0 atom stereocenters. The van der Waals surface area contributed by atoms with Gasteiger partial charge in [-0.2, -0.15) is 0 Å². The molecule has 0 saturated carbocycles. The molecule has 21 heavy (non-hydrogen) atoms. The second kappa shape index (κ2) is 4.86. The van der Waals surface area contributed by atoms with Crippen LogP contribution >= 0.6 is 11.3 Å². The zero-order valence-corrected chi connectivity index (χ0v) is 12.1. The average Bonchev–Trinajstić information content (AvgIpc) is 2.92. The predicted molar refractivity (Wildman–Crippen MR) is 85.7 cm³/mol. The molecule has 2 aromatic carbocycles. The summed E-state index contributed by atoms with van der Waals surface area (Å²) in [5.41, 5.74) is 2.92. The predicted octanol–water partition coefficient (Wildman–Crippen LogP) is 3.26. The van der Waals surface area contributed by atoms with Crippen molar-refractivity contribution in [3.05, 3.63) is 53.5 Å². The number of aromatic nitrogens is 1. The molecule has 0 radical (unpaired) electrons. The molecule has 1 aliphatic heterocycles. The van der Waals surface area contributed by atoms with Crippen LogP contribution in [0.3, 0.4) is 0 Å². The van der Waals surface area contributed by atoms with E-state index in [0.29, 0.717) is 13.1 Å². The number of carbonyl (C=O) groups excluding carboxylic acids is 1. The minimum absolute atomic E-state index is 0.0768. The molecule has 0 aliphatic carbocycles. The third-order valence-electron chi connectivity index (χ3n) is 3.56. The van der Waals surface area contributed by atoms with Crippen molar-refractivity contribution in [3.63, 3.8) is 0 Å². The van der Waals surface area contributed by atoms with Gasteiger partial charge in [-0.15, -0.1) is 11.3 Å². The number of anilines is 2. The molecule has 4 rings (SSSR count). The van der Waals surface area contributed by atoms with E-state index in [0.717, 1.165) is 26.6 Å². The van der Waals surface area contributed by atoms with Crippen LogP contribution in [0.5, 0.6) is 0 Å². The Morgan fingerprint density at radius 2 is 1.95 bits per heavy atom. The Labute approximate surface area is 126 Å². The van der Waals surface area contributed by atoms with Crippen LogP contribution in [0.25, 0.3) is 10.2 Å². The molecule has 1 aromatic heterocycles. The summed E-state index contributed by atoms with van der Waals surface area (Å²) in [7, 11) is 0. The Hall–Kier alpha value is -2.40. The second-order valence-electron chi connectivity index (χ2n) is 4.93. The van der Waals surface area contributed by atoms with E-state index in [2.05, 4.69) is 16.4 Å². The van der Waals surface area contributed by atoms with Gasteiger partial charge in [-0.1, -0.05) is 24.3 Å². The molecule has 3 aromatic rings. The Morgan fingerprint density at radius 1 is 1.14 bits per heavy atom. The van der Waals surface area contributed by atoms with E-state index >= 15 is 0 Å². The van der Waals surface area contributed by atoms with Gasteiger partial charge >= 0.3 is 0 Å². The minimum Gasteiger partial charge on any atom is -0.374 e. The molecule has 0 unspecified atom stereocenters. The van der Waals surface area contributed by atoms with E-state index in [1.165, 1.54) is 0 Å². The monoisotopic (exact) mass is 295 g/mol. The van der Waals surface area contributed by atoms with Crippen LogP contribution in [-0.4, -0.2) is 17.4 Å². The van der Waals surface area contributed by atoms with E-state index < -0.39 is 0 Å². The number of hydrogen-bond donors (Lipinski definition) is 1. The lowest BCUT2D eigenvalue weighted by Crippen LogP contribution is -2.39. The highest BCUT2D eigenvalue weighted by Gasteiger charge is 2.24. The Balaban J connectivity index is 1.71. The fraction of sp³-hybridized carbons (Fsp3) is 0.125. The summed E-state index contributed by atoms with van der Waals surface area (Å²) in [6.45, 7) is 0.860. The van der Waals surface area contributed by atoms with Crippen LogP contribution in [0.1, 0.15) is 5.01 Å². The number of carbonyl (C=O) groups is 1. The van der Waals surface area contributed by atoms with Crippen LogP contribution in [0.2, 0.25) is 0 Å². The highest BCUT2D eigenvalue weighted by molar-refractivity contribution is 7.18. The number of hydrogen-bond acceptors (Lipinski definition) is 4. The number of rotatable bonds is 2. The Kier molecular flexibility index (Phi) is 2.86. The molecule has 104 valence electrons. The molecule has 5 heteroatoms. The Morgan fingerprint density at radius 3 is 2.86 bits per heavy atom. The number of nitrogens with one attached hydrogen (secondary N) is 1. The van der Waals surface area contributed by atoms with Gasteiger partial charge in [0.25, 0.3) is 0 Å². The fourth-order valence-electron chi connectivity index (χ4n) is 2.56. The SMILES string of the molecule is O=C1CNc2ccccc2N1Cc1nc2ccccc2s1. The average molecular weight is 295 g/mol. The van der Waals surface area contributed by atoms with Crippen LogP contribution in [0, 0.1) is 0 Å². The van der Waals surface area contributed by atoms with Gasteiger partial charge in [-0.05, 0) is 24.3 Å². The molecule has 0 saturated heterocycles. The first-order chi connectivity index (χ1) is 10.3. The minimum atomic E-state index is 0.0768. The van der Waals surface area contributed by atoms with E-state index in [9.17, 15) is 4.79 Å². The van der Waals surface area contributed by atoms with Crippen LogP contribution in [-0.2, 0) is 11.3 Å². The van der Waals surface area contributed by atoms with Gasteiger partial charge in [0, 0.05) is 0 Å². The number of thiazole rings is 1. The van der Waals surface area contributed by atoms with Crippen molar-refractivity contribution < 1.29 is 4.79 Å². The lowest BCUT2D eigenvalue weighted by Gasteiger charge is -2.29. The Bertz CT molecular complexity index is 794. The highest BCUT2D eigenvalue weighted by Crippen LogP contribution is 2.31. The molecule has 4 nitrogen and oxygen atoms in total. The largest absolute Gasteiger partial charge is 0.374 e. The summed E-state index contributed by atoms with van der Waals surface area (Å²) >= 11 is 1.64. The summed E-state index contributed by atoms with van der Waals surface area (Å²) in [6, 6.07) is 15.9. The van der Waals surface area contributed by atoms with Crippen molar-refractivity contribution in [1.29, 1.82) is 0 Å². The number of benzene rings is 2. The van der Waals surface area contributed by atoms with E-state index in [1.807, 2.05) is 47.4 Å². The van der Waals surface area contributed by atoms with E-state index in [-0.39, 0.29) is 5.91 Å². The second-order valence-corrected chi connectivity index (χ2v) is 6.04. The normalized spacial score (nSPS) is 14.1. The number of fused-ring (bicyclic) bond motifs is 2. The first-order valence-electron chi connectivity index (χ1n) is 6.79. The van der Waals surface area contributed by atoms with Crippen molar-refractivity contribution in [1.82, 2.24) is 4.98 Å². The van der Waals surface area contributed by atoms with Gasteiger partial charge in [-0.3, -0.25) is 4.79 Å². The molecule has 0 bridgehead atoms. The molecular weight excluding hydrogens is 282 g/mol. The van der Waals surface area contributed by atoms with Crippen LogP contribution < -0.4 is 10.2 Å². The maximum absolute atomic E-state index is 12.2. The number of amides is 1. The van der Waals surface area contributed by atoms with Gasteiger partial charge in [-0.25, -0.2) is 4.98 Å². The third kappa shape index (κ3) is 2.15. The quantitative estimate of drug-likeness (QED) is 0.789. The van der Waals surface area contributed by atoms with E-state index in [4.69, 9.17) is 0 Å². The summed E-state index contributed by atoms with van der Waals surface area (Å²) in [6.07, 6.45) is 0. The summed E-state index contributed by atoms with van der Waals surface area (Å²) in [5.74, 6) is 0.0768. The molecule has 0 spiro atoms. The third-order valence-corrected chi connectivity index (χ3v) is 4.58. The van der Waals surface area contributed by atoms with Gasteiger partial charge < -0.3 is 10.2 Å². The van der Waals surface area contributed by atoms with Crippen molar-refractivity contribution in [2.24, 2.45) is 0 Å². The lowest BCUT2D eigenvalue weighted by atomic mass is 10.2. The first kappa shape index (κ1) is 12.3. The molecule has 0 fully saturated rings. The number of para-hydroxylation sites is 3. The van der Waals surface area contributed by atoms with Crippen molar-refractivity contribution in [3.8, 4) is 0 Å². The topological polar surface area (TPSA) is 45.2 Å². The standard InChI is InChI=1S/C16H13N3OS/c20-16-9-17-11-5-1-3-7-13(11)19(16)10-15-18-12-6-2-4-8-14(12)21-15/h1-8,17H,9-10H2. The van der Waals surface area contributed by atoms with Gasteiger partial charge in [0.15, 0.2) is 0 Å². The van der Waals surface area contributed by atoms with Crippen molar-refractivity contribution in [2.45, 2.75) is 6.54 Å². The zero-order valence-electron chi connectivity index (χ0n) is 11.2. The fourth-order valence-corrected chi connectivity index (χ4v) is 3.51. The summed E-state index contributed by atoms with van der Waals surface area (Å²) in [4.78, 5) is 18.6. The van der Waals surface area contributed by atoms with Crippen LogP contribution in [0.15, 0.2) is 48.5 Å². The molecular formula is C16H13N3OS. The molecule has 1 N–H and O–H groups in total. The molecule has 2 heterocycles. The molecule has 1 amide bonds. The van der Waals surface area contributed by atoms with E-state index in [1.54, 1.807) is 11.3 Å². The number of nitrogens with zero attached hydrogens (tertiary/aromatic N) is 2. The smallest absolute Gasteiger partial charge is 0.246 e. The van der Waals surface area contributed by atoms with Gasteiger partial charge in [0.2, 0.25) is 5.91 Å². The first-order valence-corrected chi connectivity index (χ1v) is 7.60. The summed E-state index contributed by atoms with van der Waals surface area (Å²) < 4.78 is 1.16. The highest BCUT2D eigenvalue weighted by atomic mass is 32.1. The summed E-state index contributed by atoms with van der Waals surface area (Å²) in [5, 5.41) is 4.11. The molecule has 1 aliphatic rings. The van der Waals surface area contributed by atoms with Crippen molar-refractivity contribution in [2.75, 3.05) is 16.8 Å². The van der Waals surface area contributed by atoms with Crippen LogP contribution in [0.4, 0.5) is 11.4 Å². The maximum Gasteiger partial charge on any atom is 0.246 e. The lowest BCUT2D eigenvalue weighted by molar-refractivity contribution is -0.117. The zero-order chi connectivity index (χ0) is 14.2. The van der Waals surface area contributed by atoms with Gasteiger partial charge in [0.05, 0.1) is 34.7 Å². The van der Waals surface area contributed by atoms with Crippen molar-refractivity contribution >= 4 is 38.8 Å².